The molecule has 0 N–H and O–H groups in total. The number of nitrogens with zero attached hydrogens (tertiary/aromatic N) is 3. The molecule has 0 saturated heterocycles. The molecule has 9 heteroatoms. The molecular formula is C89H183N3O6. The summed E-state index contributed by atoms with van der Waals surface area (Å²) in [5.74, 6) is -3.87. The van der Waals surface area contributed by atoms with Gasteiger partial charge in [0.1, 0.15) is 0 Å². The van der Waals surface area contributed by atoms with E-state index in [1.807, 2.05) is 0 Å². The van der Waals surface area contributed by atoms with Crippen molar-refractivity contribution in [3.63, 3.8) is 0 Å². The van der Waals surface area contributed by atoms with Gasteiger partial charge in [-0.05, 0) is 115 Å². The van der Waals surface area contributed by atoms with Crippen LogP contribution >= 0.6 is 0 Å². The SMILES string of the molecule is CC(C)CCCCCCCCCC(=O)[O-].CCCCCCCCCCCCCCCCCCCCCCC=CC(CC(=O)[O-])C(=O)[O-].CCCC[N+](CCCC)(CCCC)CCCC.CCCC[N+](CCCC)(CCCC)CCCC.CCCC[N+](CCCC)(CCCC)CCCC. The fourth-order valence-electron chi connectivity index (χ4n) is 13.8. The molecule has 0 amide bonds. The lowest BCUT2D eigenvalue weighted by atomic mass is 10.0. The van der Waals surface area contributed by atoms with Crippen molar-refractivity contribution in [2.75, 3.05) is 78.5 Å². The molecular weight excluding hydrogens is 1210 g/mol. The quantitative estimate of drug-likeness (QED) is 0.0340. The Balaban J connectivity index is -0.000000382. The largest absolute Gasteiger partial charge is 0.550 e. The van der Waals surface area contributed by atoms with Crippen molar-refractivity contribution in [2.24, 2.45) is 11.8 Å². The third kappa shape index (κ3) is 78.2. The topological polar surface area (TPSA) is 120 Å². The second-order valence-electron chi connectivity index (χ2n) is 31.2. The van der Waals surface area contributed by atoms with E-state index >= 15 is 0 Å². The van der Waals surface area contributed by atoms with E-state index in [9.17, 15) is 29.7 Å². The first-order valence-electron chi connectivity index (χ1n) is 44.3. The summed E-state index contributed by atoms with van der Waals surface area (Å²) in [6.45, 7) is 51.9. The number of carbonyl (C=O) groups is 3. The van der Waals surface area contributed by atoms with Crippen molar-refractivity contribution in [2.45, 2.75) is 457 Å². The Hall–Kier alpha value is -1.97. The van der Waals surface area contributed by atoms with Gasteiger partial charge in [-0.2, -0.15) is 0 Å². The van der Waals surface area contributed by atoms with Crippen LogP contribution in [0, 0.1) is 11.8 Å². The number of carboxylic acids is 3. The van der Waals surface area contributed by atoms with Crippen LogP contribution < -0.4 is 15.3 Å². The van der Waals surface area contributed by atoms with E-state index in [0.29, 0.717) is 0 Å². The van der Waals surface area contributed by atoms with Crippen LogP contribution in [0.1, 0.15) is 457 Å². The minimum Gasteiger partial charge on any atom is -0.550 e. The maximum atomic E-state index is 10.8. The van der Waals surface area contributed by atoms with Gasteiger partial charge in [0.2, 0.25) is 0 Å². The predicted molar refractivity (Wildman–Crippen MR) is 429 cm³/mol. The molecule has 0 aliphatic heterocycles. The molecule has 0 saturated carbocycles. The molecule has 0 aromatic heterocycles. The van der Waals surface area contributed by atoms with Gasteiger partial charge in [0, 0.05) is 23.8 Å². The van der Waals surface area contributed by atoms with Gasteiger partial charge in [-0.25, -0.2) is 0 Å². The zero-order valence-corrected chi connectivity index (χ0v) is 70.0. The molecule has 0 spiro atoms. The normalized spacial score (nSPS) is 12.0. The molecule has 0 fully saturated rings. The van der Waals surface area contributed by atoms with E-state index in [1.165, 1.54) is 406 Å². The van der Waals surface area contributed by atoms with Gasteiger partial charge >= 0.3 is 0 Å². The number of quaternary nitrogens is 3. The molecule has 0 aliphatic rings. The first-order valence-corrected chi connectivity index (χ1v) is 44.3. The van der Waals surface area contributed by atoms with E-state index < -0.39 is 30.2 Å². The Kier molecular flexibility index (Phi) is 89.7. The van der Waals surface area contributed by atoms with E-state index in [-0.39, 0.29) is 6.42 Å². The van der Waals surface area contributed by atoms with Gasteiger partial charge in [-0.3, -0.25) is 0 Å². The molecule has 1 atom stereocenters. The average molecular weight is 1390 g/mol. The smallest absolute Gasteiger partial charge is 0.0786 e. The summed E-state index contributed by atoms with van der Waals surface area (Å²) < 4.78 is 4.26. The van der Waals surface area contributed by atoms with Gasteiger partial charge in [0.15, 0.2) is 0 Å². The molecule has 0 heterocycles. The molecule has 0 radical (unpaired) electrons. The summed E-state index contributed by atoms with van der Waals surface area (Å²) in [6.07, 6.45) is 73.5. The lowest BCUT2D eigenvalue weighted by molar-refractivity contribution is -0.929. The number of carboxylic acid groups (broad SMARTS) is 3. The van der Waals surface area contributed by atoms with Crippen LogP contribution in [0.15, 0.2) is 12.2 Å². The van der Waals surface area contributed by atoms with Crippen LogP contribution in [0.3, 0.4) is 0 Å². The van der Waals surface area contributed by atoms with E-state index in [1.54, 1.807) is 6.08 Å². The number of aliphatic carboxylic acids is 3. The highest BCUT2D eigenvalue weighted by Gasteiger charge is 2.27. The molecule has 0 rings (SSSR count). The standard InChI is InChI=1S/C28H52O4.3C16H36N.C13H26O2/c1-2-3-4-5-6-7-8-9-10-11-12-13-14-15-16-17-18-19-20-21-22-23-24-26(28(31)32)25-27(29)30;3*1-5-9-13-17(14-10-6-2,15-11-7-3)16-12-8-4;1-12(2)10-8-6-4-3-5-7-9-11-13(14)15/h23-24,26H,2-22,25H2,1H3,(H,29,30)(H,31,32);3*5-16H2,1-4H3;12H,3-11H2,1-2H3,(H,14,15)/q;3*+1;/p-3. The Morgan fingerprint density at radius 1 is 0.265 bits per heavy atom. The molecule has 590 valence electrons. The van der Waals surface area contributed by atoms with Crippen molar-refractivity contribution < 1.29 is 43.2 Å². The van der Waals surface area contributed by atoms with Gasteiger partial charge < -0.3 is 43.2 Å². The third-order valence-electron chi connectivity index (χ3n) is 20.8. The van der Waals surface area contributed by atoms with Crippen molar-refractivity contribution in [3.05, 3.63) is 12.2 Å². The van der Waals surface area contributed by atoms with Crippen LogP contribution in [0.25, 0.3) is 0 Å². The minimum absolute atomic E-state index is 0.230. The number of hydrogen-bond donors (Lipinski definition) is 0. The summed E-state index contributed by atoms with van der Waals surface area (Å²) in [5.41, 5.74) is 0. The summed E-state index contributed by atoms with van der Waals surface area (Å²) in [4.78, 5) is 31.5. The number of rotatable bonds is 71. The number of unbranched alkanes of at least 4 members (excludes halogenated alkanes) is 38. The maximum Gasteiger partial charge on any atom is 0.0786 e. The fraction of sp³-hybridized carbons (Fsp3) is 0.944. The minimum atomic E-state index is -1.36. The average Bonchev–Trinajstić information content (AvgIpc) is 1.40. The number of allylic oxidation sites excluding steroid dienone is 1. The first kappa shape index (κ1) is 105. The lowest BCUT2D eigenvalue weighted by Gasteiger charge is -2.39. The van der Waals surface area contributed by atoms with Crippen molar-refractivity contribution in [1.82, 2.24) is 0 Å². The Labute approximate surface area is 617 Å². The highest BCUT2D eigenvalue weighted by atomic mass is 16.4. The molecule has 0 bridgehead atoms. The van der Waals surface area contributed by atoms with E-state index in [0.717, 1.165) is 38.0 Å². The first-order chi connectivity index (χ1) is 47.4. The summed E-state index contributed by atoms with van der Waals surface area (Å²) in [7, 11) is 0. The van der Waals surface area contributed by atoms with Crippen molar-refractivity contribution >= 4 is 17.9 Å². The summed E-state index contributed by atoms with van der Waals surface area (Å²) in [5, 5.41) is 31.5. The third-order valence-corrected chi connectivity index (χ3v) is 20.8. The Morgan fingerprint density at radius 3 is 0.663 bits per heavy atom. The van der Waals surface area contributed by atoms with Crippen molar-refractivity contribution in [1.29, 1.82) is 0 Å². The van der Waals surface area contributed by atoms with Crippen LogP contribution in [0.5, 0.6) is 0 Å². The van der Waals surface area contributed by atoms with Gasteiger partial charge in [0.05, 0.1) is 78.5 Å². The number of carbonyl (C=O) groups excluding carboxylic acids is 3. The lowest BCUT2D eigenvalue weighted by Crippen LogP contribution is -2.50. The van der Waals surface area contributed by atoms with Gasteiger partial charge in [-0.1, -0.05) is 360 Å². The van der Waals surface area contributed by atoms with Crippen LogP contribution in [0.4, 0.5) is 0 Å². The Morgan fingerprint density at radius 2 is 0.469 bits per heavy atom. The molecule has 0 aromatic rings. The second kappa shape index (κ2) is 84.0. The monoisotopic (exact) mass is 1390 g/mol. The highest BCUT2D eigenvalue weighted by Crippen LogP contribution is 2.21. The summed E-state index contributed by atoms with van der Waals surface area (Å²) in [6, 6.07) is 0. The fourth-order valence-corrected chi connectivity index (χ4v) is 13.8. The molecule has 98 heavy (non-hydrogen) atoms. The predicted octanol–water partition coefficient (Wildman–Crippen LogP) is 24.2. The van der Waals surface area contributed by atoms with E-state index in [4.69, 9.17) is 0 Å². The zero-order valence-electron chi connectivity index (χ0n) is 70.0. The molecule has 0 aliphatic carbocycles. The summed E-state index contributed by atoms with van der Waals surface area (Å²) >= 11 is 0. The molecule has 0 aromatic carbocycles. The van der Waals surface area contributed by atoms with Gasteiger partial charge in [0.25, 0.3) is 0 Å². The second-order valence-corrected chi connectivity index (χ2v) is 31.2. The zero-order chi connectivity index (χ0) is 74.2. The van der Waals surface area contributed by atoms with Gasteiger partial charge in [-0.15, -0.1) is 0 Å². The molecule has 9 nitrogen and oxygen atoms in total. The molecule has 1 unspecified atom stereocenters. The van der Waals surface area contributed by atoms with Crippen LogP contribution in [-0.4, -0.2) is 110 Å². The van der Waals surface area contributed by atoms with Crippen LogP contribution in [-0.2, 0) is 14.4 Å². The van der Waals surface area contributed by atoms with Crippen molar-refractivity contribution in [3.8, 4) is 0 Å². The maximum absolute atomic E-state index is 10.8. The number of hydrogen-bond acceptors (Lipinski definition) is 6. The highest BCUT2D eigenvalue weighted by molar-refractivity contribution is 5.77. The van der Waals surface area contributed by atoms with Crippen LogP contribution in [0.2, 0.25) is 0 Å². The van der Waals surface area contributed by atoms with E-state index in [2.05, 4.69) is 104 Å². The Bertz CT molecular complexity index is 1390.